The van der Waals surface area contributed by atoms with Gasteiger partial charge in [-0.2, -0.15) is 0 Å². The van der Waals surface area contributed by atoms with E-state index in [1.165, 1.54) is 0 Å². The Hall–Kier alpha value is -1.98. The molecule has 0 fully saturated rings. The van der Waals surface area contributed by atoms with Gasteiger partial charge in [0.25, 0.3) is 0 Å². The van der Waals surface area contributed by atoms with Gasteiger partial charge < -0.3 is 14.9 Å². The fourth-order valence-electron chi connectivity index (χ4n) is 1.10. The summed E-state index contributed by atoms with van der Waals surface area (Å²) in [5.41, 5.74) is -1.23. The van der Waals surface area contributed by atoms with Gasteiger partial charge in [0.1, 0.15) is 11.4 Å². The van der Waals surface area contributed by atoms with Crippen LogP contribution in [-0.4, -0.2) is 32.4 Å². The number of nitrogens with zero attached hydrogens (tertiary/aromatic N) is 1. The van der Waals surface area contributed by atoms with Gasteiger partial charge in [-0.15, -0.1) is 0 Å². The Bertz CT molecular complexity index is 427. The third-order valence-corrected chi connectivity index (χ3v) is 1.66. The van der Waals surface area contributed by atoms with E-state index in [0.717, 1.165) is 16.8 Å². The molecule has 0 aliphatic rings. The first-order chi connectivity index (χ1) is 7.22. The van der Waals surface area contributed by atoms with Crippen molar-refractivity contribution >= 4 is 12.1 Å². The van der Waals surface area contributed by atoms with Gasteiger partial charge >= 0.3 is 12.1 Å². The fourth-order valence-corrected chi connectivity index (χ4v) is 1.10. The van der Waals surface area contributed by atoms with Crippen molar-refractivity contribution < 1.29 is 24.5 Å². The zero-order valence-corrected chi connectivity index (χ0v) is 9.22. The first kappa shape index (κ1) is 12.1. The molecule has 6 heteroatoms. The lowest BCUT2D eigenvalue weighted by Crippen LogP contribution is -2.28. The molecule has 1 aromatic heterocycles. The summed E-state index contributed by atoms with van der Waals surface area (Å²) in [5.74, 6) is -1.87. The molecule has 0 saturated heterocycles. The molecule has 0 saturated carbocycles. The van der Waals surface area contributed by atoms with Gasteiger partial charge in [0.15, 0.2) is 5.69 Å². The number of aromatic carboxylic acids is 1. The Kier molecular flexibility index (Phi) is 2.93. The number of carbonyl (C=O) groups excluding carboxylic acids is 1. The largest absolute Gasteiger partial charge is 0.505 e. The van der Waals surface area contributed by atoms with E-state index >= 15 is 0 Å². The molecule has 2 N–H and O–H groups in total. The summed E-state index contributed by atoms with van der Waals surface area (Å²) in [6, 6.07) is 1.12. The summed E-state index contributed by atoms with van der Waals surface area (Å²) in [6.45, 7) is 4.98. The van der Waals surface area contributed by atoms with E-state index in [4.69, 9.17) is 9.84 Å². The Morgan fingerprint density at radius 2 is 1.94 bits per heavy atom. The van der Waals surface area contributed by atoms with Gasteiger partial charge in [-0.3, -0.25) is 0 Å². The molecule has 6 nitrogen and oxygen atoms in total. The highest BCUT2D eigenvalue weighted by Crippen LogP contribution is 2.19. The van der Waals surface area contributed by atoms with Crippen molar-refractivity contribution in [2.24, 2.45) is 0 Å². The molecule has 1 aromatic rings. The predicted molar refractivity (Wildman–Crippen MR) is 54.7 cm³/mol. The molecule has 0 bridgehead atoms. The molecular formula is C10H13NO5. The summed E-state index contributed by atoms with van der Waals surface area (Å²) in [7, 11) is 0. The Morgan fingerprint density at radius 1 is 1.38 bits per heavy atom. The van der Waals surface area contributed by atoms with E-state index in [2.05, 4.69) is 0 Å². The minimum absolute atomic E-state index is 0.474. The number of aromatic hydroxyl groups is 1. The second-order valence-electron chi connectivity index (χ2n) is 4.21. The number of carbonyl (C=O) groups is 2. The first-order valence-corrected chi connectivity index (χ1v) is 4.59. The molecule has 1 heterocycles. The summed E-state index contributed by atoms with van der Waals surface area (Å²) >= 11 is 0. The normalized spacial score (nSPS) is 11.2. The fraction of sp³-hybridized carbons (Fsp3) is 0.400. The van der Waals surface area contributed by atoms with Crippen molar-refractivity contribution in [3.05, 3.63) is 18.0 Å². The Labute approximate surface area is 92.1 Å². The molecule has 0 atom stereocenters. The predicted octanol–water partition coefficient (Wildman–Crippen LogP) is 1.68. The molecule has 0 spiro atoms. The lowest BCUT2D eigenvalue weighted by atomic mass is 10.2. The highest BCUT2D eigenvalue weighted by atomic mass is 16.6. The van der Waals surface area contributed by atoms with Gasteiger partial charge in [0, 0.05) is 6.20 Å². The quantitative estimate of drug-likeness (QED) is 0.761. The second kappa shape index (κ2) is 3.88. The van der Waals surface area contributed by atoms with Crippen LogP contribution in [0.25, 0.3) is 0 Å². The van der Waals surface area contributed by atoms with Crippen molar-refractivity contribution in [3.8, 4) is 5.75 Å². The average molecular weight is 227 g/mol. The summed E-state index contributed by atoms with van der Waals surface area (Å²) in [5, 5.41) is 18.0. The van der Waals surface area contributed by atoms with E-state index < -0.39 is 29.1 Å². The van der Waals surface area contributed by atoms with Crippen molar-refractivity contribution in [2.75, 3.05) is 0 Å². The van der Waals surface area contributed by atoms with Crippen LogP contribution in [0.4, 0.5) is 4.79 Å². The van der Waals surface area contributed by atoms with Gasteiger partial charge in [-0.05, 0) is 26.8 Å². The number of aromatic nitrogens is 1. The maximum absolute atomic E-state index is 11.6. The molecule has 0 aliphatic heterocycles. The van der Waals surface area contributed by atoms with Gasteiger partial charge in [0.05, 0.1) is 0 Å². The van der Waals surface area contributed by atoms with Crippen molar-refractivity contribution in [1.29, 1.82) is 0 Å². The summed E-state index contributed by atoms with van der Waals surface area (Å²) < 4.78 is 5.73. The zero-order chi connectivity index (χ0) is 12.5. The zero-order valence-electron chi connectivity index (χ0n) is 9.22. The van der Waals surface area contributed by atoms with Gasteiger partial charge in [-0.1, -0.05) is 0 Å². The number of rotatable bonds is 1. The lowest BCUT2D eigenvalue weighted by Gasteiger charge is -2.19. The Balaban J connectivity index is 3.05. The monoisotopic (exact) mass is 227 g/mol. The number of hydrogen-bond acceptors (Lipinski definition) is 4. The first-order valence-electron chi connectivity index (χ1n) is 4.59. The van der Waals surface area contributed by atoms with Gasteiger partial charge in [-0.25, -0.2) is 14.2 Å². The smallest absolute Gasteiger partial charge is 0.419 e. The van der Waals surface area contributed by atoms with Crippen LogP contribution in [0.15, 0.2) is 12.3 Å². The molecule has 88 valence electrons. The molecule has 0 unspecified atom stereocenters. The summed E-state index contributed by atoms with van der Waals surface area (Å²) in [4.78, 5) is 22.4. The second-order valence-corrected chi connectivity index (χ2v) is 4.21. The third-order valence-electron chi connectivity index (χ3n) is 1.66. The van der Waals surface area contributed by atoms with Crippen molar-refractivity contribution in [3.63, 3.8) is 0 Å². The molecule has 1 rings (SSSR count). The van der Waals surface area contributed by atoms with Crippen LogP contribution in [-0.2, 0) is 4.74 Å². The van der Waals surface area contributed by atoms with Gasteiger partial charge in [0.2, 0.25) is 0 Å². The standard InChI is InChI=1S/C10H13NO5/c1-10(2,3)16-9(15)11-5-4-6(12)7(11)8(13)14/h4-5,12H,1-3H3,(H,13,14). The molecule has 0 aliphatic carbocycles. The average Bonchev–Trinajstić information content (AvgIpc) is 2.43. The maximum atomic E-state index is 11.6. The van der Waals surface area contributed by atoms with Crippen LogP contribution >= 0.6 is 0 Å². The van der Waals surface area contributed by atoms with Crippen LogP contribution in [0.3, 0.4) is 0 Å². The van der Waals surface area contributed by atoms with Crippen LogP contribution in [0.2, 0.25) is 0 Å². The third kappa shape index (κ3) is 2.53. The highest BCUT2D eigenvalue weighted by molar-refractivity contribution is 5.93. The van der Waals surface area contributed by atoms with E-state index in [0.29, 0.717) is 0 Å². The van der Waals surface area contributed by atoms with Crippen LogP contribution in [0.5, 0.6) is 5.75 Å². The molecular weight excluding hydrogens is 214 g/mol. The number of carboxylic acids is 1. The molecule has 16 heavy (non-hydrogen) atoms. The highest BCUT2D eigenvalue weighted by Gasteiger charge is 2.24. The molecule has 0 radical (unpaired) electrons. The molecule has 0 aromatic carbocycles. The maximum Gasteiger partial charge on any atom is 0.419 e. The SMILES string of the molecule is CC(C)(C)OC(=O)n1ccc(O)c1C(=O)O. The summed E-state index contributed by atoms with van der Waals surface area (Å²) in [6.07, 6.45) is 0.303. The van der Waals surface area contributed by atoms with Crippen LogP contribution in [0, 0.1) is 0 Å². The lowest BCUT2D eigenvalue weighted by molar-refractivity contribution is 0.0503. The Morgan fingerprint density at radius 3 is 2.38 bits per heavy atom. The number of hydrogen-bond donors (Lipinski definition) is 2. The number of ether oxygens (including phenoxy) is 1. The van der Waals surface area contributed by atoms with Crippen molar-refractivity contribution in [2.45, 2.75) is 26.4 Å². The topological polar surface area (TPSA) is 88.8 Å². The van der Waals surface area contributed by atoms with E-state index in [1.54, 1.807) is 20.8 Å². The van der Waals surface area contributed by atoms with Crippen molar-refractivity contribution in [1.82, 2.24) is 4.57 Å². The minimum Gasteiger partial charge on any atom is -0.505 e. The minimum atomic E-state index is -1.40. The van der Waals surface area contributed by atoms with Crippen LogP contribution in [0.1, 0.15) is 31.3 Å². The van der Waals surface area contributed by atoms with E-state index in [1.807, 2.05) is 0 Å². The van der Waals surface area contributed by atoms with E-state index in [9.17, 15) is 14.7 Å². The number of carboxylic acid groups (broad SMARTS) is 1. The van der Waals surface area contributed by atoms with E-state index in [-0.39, 0.29) is 0 Å². The van der Waals surface area contributed by atoms with Crippen LogP contribution < -0.4 is 0 Å². The molecule has 0 amide bonds.